The summed E-state index contributed by atoms with van der Waals surface area (Å²) in [7, 11) is 9.32. The van der Waals surface area contributed by atoms with E-state index in [-0.39, 0.29) is 5.91 Å². The third-order valence-corrected chi connectivity index (χ3v) is 4.20. The van der Waals surface area contributed by atoms with Gasteiger partial charge in [0.05, 0.1) is 0 Å². The molecule has 2 N–H and O–H groups in total. The van der Waals surface area contributed by atoms with Gasteiger partial charge < -0.3 is 20.4 Å². The molecule has 2 rings (SSSR count). The van der Waals surface area contributed by atoms with Crippen LogP contribution in [0, 0.1) is 0 Å². The Bertz CT molecular complexity index is 764. The van der Waals surface area contributed by atoms with Crippen LogP contribution in [0.2, 0.25) is 0 Å². The number of nitrogens with one attached hydrogen (secondary N) is 2. The van der Waals surface area contributed by atoms with E-state index in [0.717, 1.165) is 11.5 Å². The zero-order valence-electron chi connectivity index (χ0n) is 16.8. The van der Waals surface area contributed by atoms with Crippen LogP contribution >= 0.6 is 0 Å². The van der Waals surface area contributed by atoms with E-state index in [2.05, 4.69) is 44.8 Å². The Kier molecular flexibility index (Phi) is 7.23. The van der Waals surface area contributed by atoms with Gasteiger partial charge in [0, 0.05) is 59.6 Å². The lowest BCUT2D eigenvalue weighted by Crippen LogP contribution is -2.36. The largest absolute Gasteiger partial charge is 0.378 e. The van der Waals surface area contributed by atoms with Gasteiger partial charge in [-0.25, -0.2) is 0 Å². The summed E-state index contributed by atoms with van der Waals surface area (Å²) in [5, 5.41) is 6.61. The molecule has 2 aromatic rings. The van der Waals surface area contributed by atoms with Crippen LogP contribution in [0.1, 0.15) is 21.5 Å². The smallest absolute Gasteiger partial charge is 0.253 e. The van der Waals surface area contributed by atoms with Gasteiger partial charge >= 0.3 is 0 Å². The van der Waals surface area contributed by atoms with Crippen LogP contribution in [0.4, 0.5) is 5.69 Å². The average molecular weight is 367 g/mol. The topological polar surface area (TPSA) is 60.0 Å². The molecule has 1 amide bonds. The minimum atomic E-state index is 0.00673. The number of nitrogens with zero attached hydrogens (tertiary/aromatic N) is 3. The second-order valence-electron chi connectivity index (χ2n) is 6.74. The van der Waals surface area contributed by atoms with Crippen molar-refractivity contribution in [3.63, 3.8) is 0 Å². The Morgan fingerprint density at radius 3 is 1.74 bits per heavy atom. The maximum Gasteiger partial charge on any atom is 0.253 e. The number of anilines is 1. The zero-order chi connectivity index (χ0) is 19.8. The highest BCUT2D eigenvalue weighted by atomic mass is 16.2. The Balaban J connectivity index is 1.85. The van der Waals surface area contributed by atoms with Crippen molar-refractivity contribution in [3.05, 3.63) is 65.2 Å². The molecule has 0 saturated heterocycles. The predicted molar refractivity (Wildman–Crippen MR) is 112 cm³/mol. The highest BCUT2D eigenvalue weighted by molar-refractivity contribution is 5.93. The number of amides is 1. The molecule has 0 bridgehead atoms. The maximum absolute atomic E-state index is 11.9. The molecule has 0 aliphatic rings. The first-order valence-electron chi connectivity index (χ1n) is 8.92. The van der Waals surface area contributed by atoms with E-state index in [1.807, 2.05) is 38.4 Å². The fourth-order valence-electron chi connectivity index (χ4n) is 2.53. The van der Waals surface area contributed by atoms with Gasteiger partial charge in [0.15, 0.2) is 5.96 Å². The fourth-order valence-corrected chi connectivity index (χ4v) is 2.53. The van der Waals surface area contributed by atoms with Crippen LogP contribution in [0.3, 0.4) is 0 Å². The molecule has 0 aromatic heterocycles. The van der Waals surface area contributed by atoms with Gasteiger partial charge in [-0.1, -0.05) is 24.3 Å². The van der Waals surface area contributed by atoms with Crippen molar-refractivity contribution in [2.45, 2.75) is 13.1 Å². The first-order chi connectivity index (χ1) is 12.9. The Morgan fingerprint density at radius 1 is 0.852 bits per heavy atom. The van der Waals surface area contributed by atoms with Crippen LogP contribution in [0.15, 0.2) is 53.5 Å². The summed E-state index contributed by atoms with van der Waals surface area (Å²) in [6.07, 6.45) is 0. The molecule has 0 unspecified atom stereocenters. The van der Waals surface area contributed by atoms with Gasteiger partial charge in [-0.2, -0.15) is 0 Å². The van der Waals surface area contributed by atoms with E-state index in [0.29, 0.717) is 18.7 Å². The van der Waals surface area contributed by atoms with Gasteiger partial charge in [0.1, 0.15) is 0 Å². The molecule has 6 heteroatoms. The van der Waals surface area contributed by atoms with Crippen molar-refractivity contribution in [1.82, 2.24) is 15.5 Å². The summed E-state index contributed by atoms with van der Waals surface area (Å²) in [6, 6.07) is 16.0. The molecule has 0 aliphatic carbocycles. The van der Waals surface area contributed by atoms with E-state index in [4.69, 9.17) is 0 Å². The summed E-state index contributed by atoms with van der Waals surface area (Å²) in [5.41, 5.74) is 4.14. The summed E-state index contributed by atoms with van der Waals surface area (Å²) in [5.74, 6) is 0.743. The summed E-state index contributed by atoms with van der Waals surface area (Å²) in [4.78, 5) is 19.8. The van der Waals surface area contributed by atoms with Crippen LogP contribution in [-0.2, 0) is 13.1 Å². The second-order valence-corrected chi connectivity index (χ2v) is 6.74. The lowest BCUT2D eigenvalue weighted by atomic mass is 10.1. The number of hydrogen-bond donors (Lipinski definition) is 2. The van der Waals surface area contributed by atoms with Gasteiger partial charge in [-0.3, -0.25) is 9.79 Å². The zero-order valence-corrected chi connectivity index (χ0v) is 16.8. The van der Waals surface area contributed by atoms with E-state index >= 15 is 0 Å². The molecule has 0 heterocycles. The average Bonchev–Trinajstić information content (AvgIpc) is 2.68. The van der Waals surface area contributed by atoms with Crippen molar-refractivity contribution in [1.29, 1.82) is 0 Å². The summed E-state index contributed by atoms with van der Waals surface area (Å²) in [6.45, 7) is 1.33. The van der Waals surface area contributed by atoms with E-state index in [1.54, 1.807) is 26.0 Å². The van der Waals surface area contributed by atoms with E-state index in [9.17, 15) is 4.79 Å². The number of carbonyl (C=O) groups excluding carboxylic acids is 1. The fraction of sp³-hybridized carbons (Fsp3) is 0.333. The molecule has 0 spiro atoms. The van der Waals surface area contributed by atoms with Gasteiger partial charge in [-0.15, -0.1) is 0 Å². The third kappa shape index (κ3) is 6.02. The van der Waals surface area contributed by atoms with Crippen LogP contribution < -0.4 is 15.5 Å². The molecule has 2 aromatic carbocycles. The quantitative estimate of drug-likeness (QED) is 0.608. The lowest BCUT2D eigenvalue weighted by Gasteiger charge is -2.15. The number of aliphatic imine (C=N–C) groups is 1. The van der Waals surface area contributed by atoms with Crippen LogP contribution in [0.5, 0.6) is 0 Å². The van der Waals surface area contributed by atoms with Gasteiger partial charge in [0.25, 0.3) is 5.91 Å². The Labute approximate surface area is 161 Å². The molecule has 0 fully saturated rings. The first kappa shape index (κ1) is 20.3. The number of carbonyl (C=O) groups is 1. The first-order valence-corrected chi connectivity index (χ1v) is 8.92. The maximum atomic E-state index is 11.9. The monoisotopic (exact) mass is 367 g/mol. The normalized spacial score (nSPS) is 11.1. The van der Waals surface area contributed by atoms with Crippen LogP contribution in [0.25, 0.3) is 0 Å². The van der Waals surface area contributed by atoms with Crippen molar-refractivity contribution in [2.24, 2.45) is 4.99 Å². The third-order valence-electron chi connectivity index (χ3n) is 4.20. The van der Waals surface area contributed by atoms with E-state index < -0.39 is 0 Å². The van der Waals surface area contributed by atoms with Crippen molar-refractivity contribution < 1.29 is 4.79 Å². The summed E-state index contributed by atoms with van der Waals surface area (Å²) >= 11 is 0. The molecule has 0 aliphatic heterocycles. The standard InChI is InChI=1S/C21H29N5O/c1-22-21(24-15-17-8-12-19(13-9-17)25(2)3)23-14-16-6-10-18(11-7-16)20(27)26(4)5/h6-13H,14-15H2,1-5H3,(H2,22,23,24). The SMILES string of the molecule is CN=C(NCc1ccc(C(=O)N(C)C)cc1)NCc1ccc(N(C)C)cc1. The lowest BCUT2D eigenvalue weighted by molar-refractivity contribution is 0.0827. The van der Waals surface area contributed by atoms with Gasteiger partial charge in [0.2, 0.25) is 0 Å². The number of hydrogen-bond acceptors (Lipinski definition) is 3. The van der Waals surface area contributed by atoms with Crippen molar-refractivity contribution in [2.75, 3.05) is 40.1 Å². The highest BCUT2D eigenvalue weighted by Crippen LogP contribution is 2.12. The second kappa shape index (κ2) is 9.62. The number of benzene rings is 2. The molecule has 144 valence electrons. The predicted octanol–water partition coefficient (Wildman–Crippen LogP) is 2.32. The summed E-state index contributed by atoms with van der Waals surface area (Å²) < 4.78 is 0. The number of rotatable bonds is 6. The Morgan fingerprint density at radius 2 is 1.33 bits per heavy atom. The number of guanidine groups is 1. The van der Waals surface area contributed by atoms with Crippen molar-refractivity contribution >= 4 is 17.6 Å². The Hall–Kier alpha value is -3.02. The van der Waals surface area contributed by atoms with Crippen LogP contribution in [-0.4, -0.2) is 52.0 Å². The molecule has 0 radical (unpaired) electrons. The minimum absolute atomic E-state index is 0.00673. The molecule has 27 heavy (non-hydrogen) atoms. The van der Waals surface area contributed by atoms with Crippen molar-refractivity contribution in [3.8, 4) is 0 Å². The molecule has 6 nitrogen and oxygen atoms in total. The minimum Gasteiger partial charge on any atom is -0.378 e. The van der Waals surface area contributed by atoms with Gasteiger partial charge in [-0.05, 0) is 35.4 Å². The molecular weight excluding hydrogens is 338 g/mol. The molecule has 0 saturated carbocycles. The molecule has 0 atom stereocenters. The highest BCUT2D eigenvalue weighted by Gasteiger charge is 2.07. The molecular formula is C21H29N5O. The van der Waals surface area contributed by atoms with E-state index in [1.165, 1.54) is 11.3 Å².